The molecular formula is C16H20ClN5O3. The molecule has 0 bridgehead atoms. The molecule has 25 heavy (non-hydrogen) atoms. The minimum atomic E-state index is -0.581. The fraction of sp³-hybridized carbons (Fsp3) is 0.438. The highest BCUT2D eigenvalue weighted by atomic mass is 35.5. The van der Waals surface area contributed by atoms with Gasteiger partial charge in [-0.1, -0.05) is 29.8 Å². The molecule has 2 saturated heterocycles. The van der Waals surface area contributed by atoms with Crippen LogP contribution < -0.4 is 5.32 Å². The van der Waals surface area contributed by atoms with E-state index in [0.29, 0.717) is 16.5 Å². The zero-order valence-corrected chi connectivity index (χ0v) is 14.8. The SMILES string of the molecule is CN1C(=O)N(Cc2ccccc2Cl)C(=O)C2C1NC(=NCCO)N2C. The van der Waals surface area contributed by atoms with E-state index in [4.69, 9.17) is 16.7 Å². The van der Waals surface area contributed by atoms with E-state index in [1.54, 1.807) is 37.2 Å². The summed E-state index contributed by atoms with van der Waals surface area (Å²) >= 11 is 6.17. The highest BCUT2D eigenvalue weighted by Crippen LogP contribution is 2.26. The summed E-state index contributed by atoms with van der Waals surface area (Å²) < 4.78 is 0. The summed E-state index contributed by atoms with van der Waals surface area (Å²) in [5.41, 5.74) is 0.709. The number of amides is 3. The summed E-state index contributed by atoms with van der Waals surface area (Å²) in [4.78, 5) is 34.2. The zero-order valence-electron chi connectivity index (χ0n) is 14.0. The largest absolute Gasteiger partial charge is 0.394 e. The van der Waals surface area contributed by atoms with Gasteiger partial charge in [0.15, 0.2) is 12.0 Å². The van der Waals surface area contributed by atoms with Crippen molar-refractivity contribution in [1.29, 1.82) is 0 Å². The van der Waals surface area contributed by atoms with Gasteiger partial charge in [-0.15, -0.1) is 0 Å². The Balaban J connectivity index is 1.88. The van der Waals surface area contributed by atoms with Gasteiger partial charge in [-0.05, 0) is 11.6 Å². The van der Waals surface area contributed by atoms with E-state index in [9.17, 15) is 9.59 Å². The average molecular weight is 366 g/mol. The van der Waals surface area contributed by atoms with Crippen LogP contribution in [0.1, 0.15) is 5.56 Å². The number of imide groups is 1. The number of carbonyl (C=O) groups excluding carboxylic acids is 2. The first-order chi connectivity index (χ1) is 12.0. The van der Waals surface area contributed by atoms with E-state index in [0.717, 1.165) is 0 Å². The van der Waals surface area contributed by atoms with Gasteiger partial charge < -0.3 is 20.2 Å². The lowest BCUT2D eigenvalue weighted by Gasteiger charge is -2.40. The van der Waals surface area contributed by atoms with Gasteiger partial charge in [-0.2, -0.15) is 0 Å². The van der Waals surface area contributed by atoms with Crippen molar-refractivity contribution in [1.82, 2.24) is 20.0 Å². The number of halogens is 1. The molecule has 0 aliphatic carbocycles. The smallest absolute Gasteiger partial charge is 0.328 e. The standard InChI is InChI=1S/C16H20ClN5O3/c1-20-12-13(19-15(20)18-7-8-23)21(2)16(25)22(14(12)24)9-10-5-3-4-6-11(10)17/h3-6,12-13,23H,7-9H2,1-2H3,(H,18,19). The molecule has 2 N–H and O–H groups in total. The second kappa shape index (κ2) is 6.89. The summed E-state index contributed by atoms with van der Waals surface area (Å²) in [7, 11) is 3.38. The Morgan fingerprint density at radius 3 is 2.64 bits per heavy atom. The van der Waals surface area contributed by atoms with Gasteiger partial charge in [0.2, 0.25) is 0 Å². The van der Waals surface area contributed by atoms with E-state index < -0.39 is 18.2 Å². The van der Waals surface area contributed by atoms with Gasteiger partial charge >= 0.3 is 6.03 Å². The molecular weight excluding hydrogens is 346 g/mol. The molecule has 2 aliphatic rings. The van der Waals surface area contributed by atoms with Crippen LogP contribution in [-0.2, 0) is 11.3 Å². The topological polar surface area (TPSA) is 88.5 Å². The van der Waals surface area contributed by atoms with Crippen LogP contribution in [0.3, 0.4) is 0 Å². The molecule has 2 aliphatic heterocycles. The van der Waals surface area contributed by atoms with Gasteiger partial charge in [0.05, 0.1) is 19.7 Å². The first kappa shape index (κ1) is 17.5. The summed E-state index contributed by atoms with van der Waals surface area (Å²) in [5, 5.41) is 12.5. The first-order valence-electron chi connectivity index (χ1n) is 7.92. The number of nitrogens with zero attached hydrogens (tertiary/aromatic N) is 4. The van der Waals surface area contributed by atoms with Crippen LogP contribution in [0.5, 0.6) is 0 Å². The molecule has 3 rings (SSSR count). The maximum absolute atomic E-state index is 13.0. The van der Waals surface area contributed by atoms with Crippen molar-refractivity contribution in [2.75, 3.05) is 27.2 Å². The van der Waals surface area contributed by atoms with Gasteiger partial charge in [0, 0.05) is 19.1 Å². The minimum absolute atomic E-state index is 0.0876. The highest BCUT2D eigenvalue weighted by Gasteiger charge is 2.51. The monoisotopic (exact) mass is 365 g/mol. The molecule has 8 nitrogen and oxygen atoms in total. The molecule has 2 atom stereocenters. The highest BCUT2D eigenvalue weighted by molar-refractivity contribution is 6.31. The van der Waals surface area contributed by atoms with Gasteiger partial charge in [-0.3, -0.25) is 14.7 Å². The van der Waals surface area contributed by atoms with Crippen LogP contribution in [0.2, 0.25) is 5.02 Å². The number of hydrogen-bond donors (Lipinski definition) is 2. The Hall–Kier alpha value is -2.32. The molecule has 0 spiro atoms. The van der Waals surface area contributed by atoms with Gasteiger partial charge in [-0.25, -0.2) is 4.79 Å². The Morgan fingerprint density at radius 2 is 1.96 bits per heavy atom. The van der Waals surface area contributed by atoms with Crippen molar-refractivity contribution in [2.24, 2.45) is 4.99 Å². The first-order valence-corrected chi connectivity index (χ1v) is 8.29. The maximum atomic E-state index is 13.0. The zero-order chi connectivity index (χ0) is 18.1. The fourth-order valence-corrected chi connectivity index (χ4v) is 3.28. The third kappa shape index (κ3) is 3.03. The van der Waals surface area contributed by atoms with Crippen LogP contribution >= 0.6 is 11.6 Å². The molecule has 2 unspecified atom stereocenters. The number of aliphatic hydroxyl groups excluding tert-OH is 1. The van der Waals surface area contributed by atoms with Crippen molar-refractivity contribution >= 4 is 29.5 Å². The lowest BCUT2D eigenvalue weighted by Crippen LogP contribution is -2.65. The Morgan fingerprint density at radius 1 is 1.24 bits per heavy atom. The molecule has 0 radical (unpaired) electrons. The molecule has 3 amide bonds. The van der Waals surface area contributed by atoms with E-state index in [-0.39, 0.29) is 25.6 Å². The molecule has 134 valence electrons. The average Bonchev–Trinajstić information content (AvgIpc) is 2.93. The third-order valence-electron chi connectivity index (χ3n) is 4.44. The molecule has 9 heteroatoms. The number of benzene rings is 1. The summed E-state index contributed by atoms with van der Waals surface area (Å²) in [6, 6.07) is 6.16. The lowest BCUT2D eigenvalue weighted by molar-refractivity contribution is -0.137. The maximum Gasteiger partial charge on any atom is 0.328 e. The number of aliphatic hydroxyl groups is 1. The van der Waals surface area contributed by atoms with Crippen molar-refractivity contribution in [3.63, 3.8) is 0 Å². The number of carbonyl (C=O) groups is 2. The number of guanidine groups is 1. The molecule has 1 aromatic rings. The second-order valence-corrected chi connectivity index (χ2v) is 6.39. The van der Waals surface area contributed by atoms with Crippen LogP contribution in [0.15, 0.2) is 29.3 Å². The number of nitrogens with one attached hydrogen (secondary N) is 1. The quantitative estimate of drug-likeness (QED) is 0.801. The molecule has 0 aromatic heterocycles. The van der Waals surface area contributed by atoms with Crippen molar-refractivity contribution in [3.8, 4) is 0 Å². The summed E-state index contributed by atoms with van der Waals surface area (Å²) in [6.45, 7) is 0.249. The number of hydrogen-bond acceptors (Lipinski definition) is 4. The van der Waals surface area contributed by atoms with Crippen LogP contribution in [-0.4, -0.2) is 77.2 Å². The minimum Gasteiger partial charge on any atom is -0.394 e. The molecule has 2 fully saturated rings. The van der Waals surface area contributed by atoms with Gasteiger partial charge in [0.1, 0.15) is 6.17 Å². The molecule has 2 heterocycles. The fourth-order valence-electron chi connectivity index (χ4n) is 3.08. The van der Waals surface area contributed by atoms with E-state index in [1.807, 2.05) is 6.07 Å². The second-order valence-electron chi connectivity index (χ2n) is 5.98. The van der Waals surface area contributed by atoms with Crippen molar-refractivity contribution in [2.45, 2.75) is 18.8 Å². The number of urea groups is 1. The van der Waals surface area contributed by atoms with Crippen molar-refractivity contribution < 1.29 is 14.7 Å². The number of rotatable bonds is 4. The Labute approximate surface area is 150 Å². The Bertz CT molecular complexity index is 725. The lowest BCUT2D eigenvalue weighted by atomic mass is 10.1. The summed E-state index contributed by atoms with van der Waals surface area (Å²) in [5.74, 6) is 0.175. The van der Waals surface area contributed by atoms with Crippen molar-refractivity contribution in [3.05, 3.63) is 34.9 Å². The van der Waals surface area contributed by atoms with E-state index >= 15 is 0 Å². The predicted molar refractivity (Wildman–Crippen MR) is 93.0 cm³/mol. The van der Waals surface area contributed by atoms with Gasteiger partial charge in [0.25, 0.3) is 5.91 Å². The number of likely N-dealkylation sites (N-methyl/N-ethyl adjacent to an activating group) is 2. The summed E-state index contributed by atoms with van der Waals surface area (Å²) in [6.07, 6.45) is -0.495. The molecule has 1 aromatic carbocycles. The number of fused-ring (bicyclic) bond motifs is 1. The van der Waals surface area contributed by atoms with Crippen LogP contribution in [0, 0.1) is 0 Å². The number of aliphatic imine (C=N–C) groups is 1. The van der Waals surface area contributed by atoms with E-state index in [1.165, 1.54) is 9.80 Å². The van der Waals surface area contributed by atoms with Crippen LogP contribution in [0.4, 0.5) is 4.79 Å². The third-order valence-corrected chi connectivity index (χ3v) is 4.81. The molecule has 0 saturated carbocycles. The normalized spacial score (nSPS) is 24.8. The Kier molecular flexibility index (Phi) is 4.82. The predicted octanol–water partition coefficient (Wildman–Crippen LogP) is 0.312. The van der Waals surface area contributed by atoms with E-state index in [2.05, 4.69) is 10.3 Å². The van der Waals surface area contributed by atoms with Crippen LogP contribution in [0.25, 0.3) is 0 Å².